The van der Waals surface area contributed by atoms with Crippen molar-refractivity contribution in [1.82, 2.24) is 5.32 Å². The second kappa shape index (κ2) is 13.9. The first kappa shape index (κ1) is 22.5. The van der Waals surface area contributed by atoms with Gasteiger partial charge in [0.05, 0.1) is 13.0 Å². The molecular formula is C12H24NO7PSSi. The zero-order chi connectivity index (χ0) is 17.6. The van der Waals surface area contributed by atoms with Crippen LogP contribution in [0.1, 0.15) is 12.8 Å². The van der Waals surface area contributed by atoms with E-state index in [1.54, 1.807) is 33.1 Å². The van der Waals surface area contributed by atoms with Gasteiger partial charge in [-0.3, -0.25) is 14.2 Å². The lowest BCUT2D eigenvalue weighted by molar-refractivity contribution is -0.142. The van der Waals surface area contributed by atoms with Gasteiger partial charge in [0.2, 0.25) is 0 Å². The molecule has 0 aliphatic carbocycles. The Bertz CT molecular complexity index is 363. The Morgan fingerprint density at radius 2 is 1.78 bits per heavy atom. The largest absolute Gasteiger partial charge is 0.500 e. The lowest BCUT2D eigenvalue weighted by atomic mass is 10.5. The maximum absolute atomic E-state index is 11.4. The summed E-state index contributed by atoms with van der Waals surface area (Å²) in [7, 11) is 1.66. The van der Waals surface area contributed by atoms with Gasteiger partial charge in [0.25, 0.3) is 8.46 Å². The normalized spacial score (nSPS) is 11.4. The number of ether oxygens (including phenoxy) is 1. The Labute approximate surface area is 143 Å². The number of rotatable bonds is 14. The summed E-state index contributed by atoms with van der Waals surface area (Å²) in [5, 5.41) is 2.32. The second-order valence-corrected chi connectivity index (χ2v) is 9.21. The monoisotopic (exact) mass is 385 g/mol. The van der Waals surface area contributed by atoms with Gasteiger partial charge in [-0.1, -0.05) is 0 Å². The summed E-state index contributed by atoms with van der Waals surface area (Å²) in [6, 6.07) is 0.729. The smallest absolute Gasteiger partial charge is 0.464 e. The number of carbonyl (C=O) groups excluding carboxylic acids is 2. The minimum atomic E-state index is -2.50. The van der Waals surface area contributed by atoms with E-state index in [2.05, 4.69) is 5.32 Å². The first-order valence-electron chi connectivity index (χ1n) is 7.03. The van der Waals surface area contributed by atoms with E-state index in [0.29, 0.717) is 12.2 Å². The van der Waals surface area contributed by atoms with Crippen molar-refractivity contribution in [3.63, 3.8) is 0 Å². The van der Waals surface area contributed by atoms with Gasteiger partial charge in [-0.25, -0.2) is 0 Å². The molecule has 0 radical (unpaired) electrons. The van der Waals surface area contributed by atoms with Gasteiger partial charge in [-0.05, 0) is 12.2 Å². The van der Waals surface area contributed by atoms with Crippen LogP contribution in [0.15, 0.2) is 0 Å². The van der Waals surface area contributed by atoms with E-state index in [9.17, 15) is 14.2 Å². The van der Waals surface area contributed by atoms with Crippen LogP contribution >= 0.6 is 20.2 Å². The van der Waals surface area contributed by atoms with Crippen molar-refractivity contribution < 1.29 is 32.2 Å². The number of nitrogens with one attached hydrogen (secondary N) is 1. The minimum Gasteiger partial charge on any atom is -0.464 e. The molecule has 0 aromatic heterocycles. The molecule has 0 bridgehead atoms. The second-order valence-electron chi connectivity index (χ2n) is 4.30. The van der Waals surface area contributed by atoms with Crippen molar-refractivity contribution in [3.8, 4) is 0 Å². The minimum absolute atomic E-state index is 0.0778. The Balaban J connectivity index is 3.59. The fourth-order valence-electron chi connectivity index (χ4n) is 1.63. The van der Waals surface area contributed by atoms with Crippen LogP contribution < -0.4 is 5.32 Å². The van der Waals surface area contributed by atoms with Crippen LogP contribution in [0.5, 0.6) is 0 Å². The average molecular weight is 385 g/mol. The highest BCUT2D eigenvalue weighted by Gasteiger charge is 2.36. The van der Waals surface area contributed by atoms with Crippen molar-refractivity contribution >= 4 is 40.6 Å². The number of esters is 1. The maximum Gasteiger partial charge on any atom is 0.500 e. The first-order chi connectivity index (χ1) is 11.0. The molecule has 0 saturated carbocycles. The molecule has 0 spiro atoms. The molecule has 0 aromatic carbocycles. The molecule has 23 heavy (non-hydrogen) atoms. The Morgan fingerprint density at radius 1 is 1.13 bits per heavy atom. The predicted molar refractivity (Wildman–Crippen MR) is 90.1 cm³/mol. The average Bonchev–Trinajstić information content (AvgIpc) is 2.58. The standard InChI is InChI=1S/C12H24NO7PSSi/c1-17-23(18-2,19-3)10-4-8-22-9-5-11(14)20-7-6-13-12(15)21-16/h4-10H2,1-3H3,(H,13,15). The van der Waals surface area contributed by atoms with Gasteiger partial charge in [-0.2, -0.15) is 11.8 Å². The van der Waals surface area contributed by atoms with Gasteiger partial charge >= 0.3 is 20.4 Å². The third kappa shape index (κ3) is 10.8. The molecule has 0 heterocycles. The van der Waals surface area contributed by atoms with Crippen LogP contribution in [0.4, 0.5) is 4.79 Å². The highest BCUT2D eigenvalue weighted by atomic mass is 32.2. The Kier molecular flexibility index (Phi) is 13.6. The summed E-state index contributed by atoms with van der Waals surface area (Å²) >= 11 is 1.64. The zero-order valence-corrected chi connectivity index (χ0v) is 16.4. The van der Waals surface area contributed by atoms with Crippen LogP contribution in [0, 0.1) is 0 Å². The summed E-state index contributed by atoms with van der Waals surface area (Å²) in [5.74, 6) is 1.21. The SMILES string of the molecule is CO[Si](CCCSCCC(=O)OCCNC(=O)P=O)(OC)OC. The molecule has 0 unspecified atom stereocenters. The van der Waals surface area contributed by atoms with Crippen molar-refractivity contribution in [2.45, 2.75) is 18.9 Å². The molecule has 0 aliphatic rings. The van der Waals surface area contributed by atoms with E-state index in [0.717, 1.165) is 18.2 Å². The highest BCUT2D eigenvalue weighted by Crippen LogP contribution is 2.17. The summed E-state index contributed by atoms with van der Waals surface area (Å²) in [6.45, 7) is 0.235. The van der Waals surface area contributed by atoms with Gasteiger partial charge in [0.15, 0.2) is 0 Å². The number of amides is 1. The molecule has 0 aliphatic heterocycles. The summed E-state index contributed by atoms with van der Waals surface area (Å²) in [6.07, 6.45) is 1.18. The molecule has 1 amide bonds. The molecule has 1 N–H and O–H groups in total. The Hall–Kier alpha value is -0.513. The summed E-state index contributed by atoms with van der Waals surface area (Å²) < 4.78 is 31.0. The molecular weight excluding hydrogens is 361 g/mol. The lowest BCUT2D eigenvalue weighted by Gasteiger charge is -2.24. The van der Waals surface area contributed by atoms with E-state index in [1.165, 1.54) is 0 Å². The number of hydrogen-bond acceptors (Lipinski definition) is 8. The summed E-state index contributed by atoms with van der Waals surface area (Å²) in [4.78, 5) is 22.1. The van der Waals surface area contributed by atoms with E-state index < -0.39 is 22.9 Å². The molecule has 0 rings (SSSR count). The summed E-state index contributed by atoms with van der Waals surface area (Å²) in [5.41, 5.74) is -0.626. The number of thioether (sulfide) groups is 1. The van der Waals surface area contributed by atoms with Crippen molar-refractivity contribution in [2.75, 3.05) is 46.0 Å². The van der Waals surface area contributed by atoms with Crippen LogP contribution in [-0.4, -0.2) is 66.4 Å². The third-order valence-electron chi connectivity index (χ3n) is 2.88. The quantitative estimate of drug-likeness (QED) is 0.209. The van der Waals surface area contributed by atoms with E-state index >= 15 is 0 Å². The first-order valence-corrected chi connectivity index (χ1v) is 10.9. The Morgan fingerprint density at radius 3 is 2.35 bits per heavy atom. The highest BCUT2D eigenvalue weighted by molar-refractivity contribution is 7.99. The van der Waals surface area contributed by atoms with Gasteiger partial charge in [-0.15, -0.1) is 0 Å². The zero-order valence-electron chi connectivity index (χ0n) is 13.7. The van der Waals surface area contributed by atoms with Crippen LogP contribution in [-0.2, 0) is 27.4 Å². The molecule has 8 nitrogen and oxygen atoms in total. The topological polar surface area (TPSA) is 100 Å². The fraction of sp³-hybridized carbons (Fsp3) is 0.833. The van der Waals surface area contributed by atoms with E-state index in [1.807, 2.05) is 0 Å². The van der Waals surface area contributed by atoms with Gasteiger partial charge in [0.1, 0.15) is 6.61 Å². The van der Waals surface area contributed by atoms with Crippen LogP contribution in [0.3, 0.4) is 0 Å². The van der Waals surface area contributed by atoms with Gasteiger partial charge in [0, 0.05) is 33.1 Å². The molecule has 0 aromatic rings. The molecule has 0 fully saturated rings. The molecule has 134 valence electrons. The van der Waals surface area contributed by atoms with Crippen LogP contribution in [0.2, 0.25) is 6.04 Å². The molecule has 0 atom stereocenters. The fourth-order valence-corrected chi connectivity index (χ4v) is 4.65. The van der Waals surface area contributed by atoms with E-state index in [4.69, 9.17) is 18.0 Å². The third-order valence-corrected chi connectivity index (χ3v) is 7.11. The van der Waals surface area contributed by atoms with E-state index in [-0.39, 0.29) is 19.1 Å². The van der Waals surface area contributed by atoms with Crippen molar-refractivity contribution in [1.29, 1.82) is 0 Å². The van der Waals surface area contributed by atoms with Crippen LogP contribution in [0.25, 0.3) is 0 Å². The van der Waals surface area contributed by atoms with Crippen molar-refractivity contribution in [2.24, 2.45) is 0 Å². The van der Waals surface area contributed by atoms with Gasteiger partial charge < -0.3 is 23.3 Å². The maximum atomic E-state index is 11.4. The van der Waals surface area contributed by atoms with Crippen molar-refractivity contribution in [3.05, 3.63) is 0 Å². The molecule has 0 saturated heterocycles. The molecule has 11 heteroatoms. The lowest BCUT2D eigenvalue weighted by Crippen LogP contribution is -2.42. The predicted octanol–water partition coefficient (Wildman–Crippen LogP) is 1.92. The number of hydrogen-bond donors (Lipinski definition) is 1. The number of carbonyl (C=O) groups is 2.